The first kappa shape index (κ1) is 24.1. The van der Waals surface area contributed by atoms with Crippen LogP contribution in [0.4, 0.5) is 24.5 Å². The molecule has 2 atom stereocenters. The van der Waals surface area contributed by atoms with Crippen molar-refractivity contribution in [2.24, 2.45) is 5.92 Å². The fraction of sp³-hybridized carbons (Fsp3) is 0.480. The minimum Gasteiger partial charge on any atom is -0.370 e. The van der Waals surface area contributed by atoms with Crippen LogP contribution in [0.15, 0.2) is 30.3 Å². The molecule has 0 aromatic heterocycles. The largest absolute Gasteiger partial charge is 0.370 e. The number of amides is 1. The van der Waals surface area contributed by atoms with Crippen molar-refractivity contribution < 1.29 is 18.0 Å². The Balaban J connectivity index is 1.68. The van der Waals surface area contributed by atoms with Crippen molar-refractivity contribution >= 4 is 17.3 Å². The maximum atomic E-state index is 14.3. The van der Waals surface area contributed by atoms with Crippen molar-refractivity contribution in [3.63, 3.8) is 0 Å². The van der Waals surface area contributed by atoms with Gasteiger partial charge in [-0.2, -0.15) is 0 Å². The molecule has 32 heavy (non-hydrogen) atoms. The number of benzene rings is 2. The van der Waals surface area contributed by atoms with Crippen LogP contribution in [0.1, 0.15) is 30.0 Å². The molecule has 4 nitrogen and oxygen atoms in total. The van der Waals surface area contributed by atoms with E-state index in [-0.39, 0.29) is 24.2 Å². The lowest BCUT2D eigenvalue weighted by atomic mass is 9.94. The molecule has 1 heterocycles. The number of anilines is 2. The average molecular weight is 448 g/mol. The van der Waals surface area contributed by atoms with Gasteiger partial charge in [-0.1, -0.05) is 13.0 Å². The van der Waals surface area contributed by atoms with E-state index < -0.39 is 18.4 Å². The third-order valence-electron chi connectivity index (χ3n) is 6.51. The maximum absolute atomic E-state index is 14.3. The van der Waals surface area contributed by atoms with Gasteiger partial charge in [0, 0.05) is 43.0 Å². The number of nitrogens with zero attached hydrogens (tertiary/aromatic N) is 2. The van der Waals surface area contributed by atoms with E-state index in [1.807, 2.05) is 30.7 Å². The summed E-state index contributed by atoms with van der Waals surface area (Å²) in [5.74, 6) is -1.53. The molecule has 1 aliphatic heterocycles. The number of aryl methyl sites for hydroxylation is 1. The fourth-order valence-corrected chi connectivity index (χ4v) is 4.24. The predicted molar refractivity (Wildman–Crippen MR) is 123 cm³/mol. The Morgan fingerprint density at radius 2 is 2.00 bits per heavy atom. The van der Waals surface area contributed by atoms with Crippen molar-refractivity contribution in [3.05, 3.63) is 58.7 Å². The molecule has 0 radical (unpaired) electrons. The standard InChI is InChI=1S/C25H32F3N3O/c1-16-5-6-24(28)23(18(16)3)11-17(2)25(32)29-20-12-19(27)13-22(14-20)31-9-7-21(15-31)30(4)10-8-26/h5-6,12-14,17,21H,7-11,15H2,1-4H3,(H,29,32). The van der Waals surface area contributed by atoms with E-state index in [1.54, 1.807) is 19.1 Å². The summed E-state index contributed by atoms with van der Waals surface area (Å²) in [6, 6.07) is 7.85. The molecule has 2 aromatic carbocycles. The second kappa shape index (κ2) is 10.4. The minimum absolute atomic E-state index is 0.208. The first-order valence-electron chi connectivity index (χ1n) is 11.1. The fourth-order valence-electron chi connectivity index (χ4n) is 4.24. The highest BCUT2D eigenvalue weighted by molar-refractivity contribution is 5.93. The van der Waals surface area contributed by atoms with Crippen LogP contribution in [0, 0.1) is 31.4 Å². The first-order chi connectivity index (χ1) is 15.2. The van der Waals surface area contributed by atoms with Gasteiger partial charge in [-0.05, 0) is 74.7 Å². The van der Waals surface area contributed by atoms with Crippen molar-refractivity contribution in [1.82, 2.24) is 4.90 Å². The molecule has 0 aliphatic carbocycles. The van der Waals surface area contributed by atoms with Crippen LogP contribution < -0.4 is 10.2 Å². The topological polar surface area (TPSA) is 35.6 Å². The highest BCUT2D eigenvalue weighted by Crippen LogP contribution is 2.27. The van der Waals surface area contributed by atoms with Gasteiger partial charge in [0.1, 0.15) is 18.3 Å². The summed E-state index contributed by atoms with van der Waals surface area (Å²) in [5.41, 5.74) is 3.42. The van der Waals surface area contributed by atoms with Crippen molar-refractivity contribution in [2.75, 3.05) is 43.6 Å². The minimum atomic E-state index is -0.484. The van der Waals surface area contributed by atoms with Crippen LogP contribution in [0.2, 0.25) is 0 Å². The summed E-state index contributed by atoms with van der Waals surface area (Å²) in [6.45, 7) is 6.90. The van der Waals surface area contributed by atoms with Gasteiger partial charge < -0.3 is 10.2 Å². The molecule has 0 saturated carbocycles. The Morgan fingerprint density at radius 3 is 2.72 bits per heavy atom. The van der Waals surface area contributed by atoms with Crippen LogP contribution in [0.3, 0.4) is 0 Å². The van der Waals surface area contributed by atoms with Crippen LogP contribution >= 0.6 is 0 Å². The zero-order valence-electron chi connectivity index (χ0n) is 19.2. The Kier molecular flexibility index (Phi) is 7.82. The summed E-state index contributed by atoms with van der Waals surface area (Å²) < 4.78 is 41.2. The SMILES string of the molecule is Cc1ccc(F)c(CC(C)C(=O)Nc2cc(F)cc(N3CCC(N(C)CCF)C3)c2)c1C. The molecule has 2 unspecified atom stereocenters. The van der Waals surface area contributed by atoms with Gasteiger partial charge in [-0.25, -0.2) is 13.2 Å². The van der Waals surface area contributed by atoms with E-state index in [0.29, 0.717) is 30.0 Å². The first-order valence-corrected chi connectivity index (χ1v) is 11.1. The third kappa shape index (κ3) is 5.63. The molecule has 0 bridgehead atoms. The number of alkyl halides is 1. The number of nitrogens with one attached hydrogen (secondary N) is 1. The third-order valence-corrected chi connectivity index (χ3v) is 6.51. The van der Waals surface area contributed by atoms with E-state index in [0.717, 1.165) is 24.1 Å². The molecular weight excluding hydrogens is 415 g/mol. The Hall–Kier alpha value is -2.54. The molecule has 1 aliphatic rings. The number of rotatable bonds is 8. The van der Waals surface area contributed by atoms with E-state index in [1.165, 1.54) is 18.2 Å². The Morgan fingerprint density at radius 1 is 1.25 bits per heavy atom. The predicted octanol–water partition coefficient (Wildman–Crippen LogP) is 4.88. The number of carbonyl (C=O) groups excluding carboxylic acids is 1. The molecule has 1 N–H and O–H groups in total. The maximum Gasteiger partial charge on any atom is 0.227 e. The van der Waals surface area contributed by atoms with Crippen LogP contribution in [0.5, 0.6) is 0 Å². The number of carbonyl (C=O) groups is 1. The summed E-state index contributed by atoms with van der Waals surface area (Å²) in [7, 11) is 1.89. The van der Waals surface area contributed by atoms with Crippen molar-refractivity contribution in [3.8, 4) is 0 Å². The number of hydrogen-bond donors (Lipinski definition) is 1. The zero-order valence-corrected chi connectivity index (χ0v) is 19.2. The van der Waals surface area contributed by atoms with Crippen LogP contribution in [-0.2, 0) is 11.2 Å². The summed E-state index contributed by atoms with van der Waals surface area (Å²) in [6.07, 6.45) is 1.13. The Bertz CT molecular complexity index is 966. The molecule has 7 heteroatoms. The second-order valence-electron chi connectivity index (χ2n) is 8.82. The summed E-state index contributed by atoms with van der Waals surface area (Å²) in [5, 5.41) is 2.79. The van der Waals surface area contributed by atoms with Gasteiger partial charge in [0.2, 0.25) is 5.91 Å². The lowest BCUT2D eigenvalue weighted by Gasteiger charge is -2.24. The number of hydrogen-bond acceptors (Lipinski definition) is 3. The highest BCUT2D eigenvalue weighted by atomic mass is 19.1. The quantitative estimate of drug-likeness (QED) is 0.627. The van der Waals surface area contributed by atoms with Crippen LogP contribution in [0.25, 0.3) is 0 Å². The lowest BCUT2D eigenvalue weighted by Crippen LogP contribution is -2.35. The average Bonchev–Trinajstić information content (AvgIpc) is 3.24. The lowest BCUT2D eigenvalue weighted by molar-refractivity contribution is -0.119. The van der Waals surface area contributed by atoms with Gasteiger partial charge in [0.15, 0.2) is 0 Å². The zero-order chi connectivity index (χ0) is 23.4. The second-order valence-corrected chi connectivity index (χ2v) is 8.82. The van der Waals surface area contributed by atoms with Crippen molar-refractivity contribution in [2.45, 2.75) is 39.7 Å². The van der Waals surface area contributed by atoms with Gasteiger partial charge in [0.25, 0.3) is 0 Å². The molecule has 174 valence electrons. The van der Waals surface area contributed by atoms with Crippen LogP contribution in [-0.4, -0.2) is 50.2 Å². The van der Waals surface area contributed by atoms with Gasteiger partial charge in [0.05, 0.1) is 0 Å². The molecule has 1 saturated heterocycles. The van der Waals surface area contributed by atoms with E-state index in [4.69, 9.17) is 0 Å². The Labute approximate surface area is 188 Å². The molecule has 1 fully saturated rings. The van der Waals surface area contributed by atoms with Gasteiger partial charge in [-0.15, -0.1) is 0 Å². The van der Waals surface area contributed by atoms with Crippen molar-refractivity contribution in [1.29, 1.82) is 0 Å². The number of likely N-dealkylation sites (N-methyl/N-ethyl adjacent to an activating group) is 1. The normalized spacial score (nSPS) is 17.1. The van der Waals surface area contributed by atoms with Gasteiger partial charge >= 0.3 is 0 Å². The molecule has 3 rings (SSSR count). The molecule has 0 spiro atoms. The smallest absolute Gasteiger partial charge is 0.227 e. The van der Waals surface area contributed by atoms with Gasteiger partial charge in [-0.3, -0.25) is 9.69 Å². The molecular formula is C25H32F3N3O. The van der Waals surface area contributed by atoms with E-state index in [9.17, 15) is 18.0 Å². The monoisotopic (exact) mass is 447 g/mol. The van der Waals surface area contributed by atoms with E-state index in [2.05, 4.69) is 5.32 Å². The molecule has 2 aromatic rings. The molecule has 1 amide bonds. The highest BCUT2D eigenvalue weighted by Gasteiger charge is 2.26. The van der Waals surface area contributed by atoms with E-state index >= 15 is 0 Å². The summed E-state index contributed by atoms with van der Waals surface area (Å²) in [4.78, 5) is 16.8. The number of halogens is 3. The summed E-state index contributed by atoms with van der Waals surface area (Å²) >= 11 is 0.